The number of nitrogens with two attached hydrogens (primary N) is 1. The lowest BCUT2D eigenvalue weighted by molar-refractivity contribution is -0.147. The number of para-hydroxylation sites is 1. The lowest BCUT2D eigenvalue weighted by atomic mass is 10.1. The van der Waals surface area contributed by atoms with E-state index in [1.807, 2.05) is 6.92 Å². The second-order valence-corrected chi connectivity index (χ2v) is 4.02. The van der Waals surface area contributed by atoms with Crippen LogP contribution in [0.15, 0.2) is 24.3 Å². The van der Waals surface area contributed by atoms with Crippen LogP contribution in [0.1, 0.15) is 18.9 Å². The van der Waals surface area contributed by atoms with Crippen molar-refractivity contribution in [2.24, 2.45) is 0 Å². The number of anilines is 1. The van der Waals surface area contributed by atoms with Gasteiger partial charge in [0, 0.05) is 12.2 Å². The first-order valence-corrected chi connectivity index (χ1v) is 5.55. The Morgan fingerprint density at radius 2 is 1.88 bits per heavy atom. The van der Waals surface area contributed by atoms with Crippen LogP contribution in [0.3, 0.4) is 0 Å². The van der Waals surface area contributed by atoms with Crippen molar-refractivity contribution in [3.05, 3.63) is 29.8 Å². The summed E-state index contributed by atoms with van der Waals surface area (Å²) in [6.07, 6.45) is -3.48. The molecule has 5 heteroatoms. The summed E-state index contributed by atoms with van der Waals surface area (Å²) in [4.78, 5) is 1.37. The fourth-order valence-corrected chi connectivity index (χ4v) is 1.70. The first-order valence-electron chi connectivity index (χ1n) is 5.55. The van der Waals surface area contributed by atoms with Gasteiger partial charge in [-0.25, -0.2) is 0 Å². The minimum atomic E-state index is -4.17. The molecular weight excluding hydrogens is 229 g/mol. The van der Waals surface area contributed by atoms with Crippen molar-refractivity contribution in [3.8, 4) is 0 Å². The van der Waals surface area contributed by atoms with Crippen LogP contribution < -0.4 is 5.73 Å². The second-order valence-electron chi connectivity index (χ2n) is 4.02. The van der Waals surface area contributed by atoms with Crippen LogP contribution in [0, 0.1) is 0 Å². The normalized spacial score (nSPS) is 12.1. The van der Waals surface area contributed by atoms with Gasteiger partial charge in [-0.05, 0) is 24.6 Å². The molecule has 0 amide bonds. The van der Waals surface area contributed by atoms with E-state index in [9.17, 15) is 13.2 Å². The first kappa shape index (κ1) is 13.8. The highest BCUT2D eigenvalue weighted by atomic mass is 19.4. The summed E-state index contributed by atoms with van der Waals surface area (Å²) in [5.41, 5.74) is 7.00. The predicted molar refractivity (Wildman–Crippen MR) is 62.5 cm³/mol. The second kappa shape index (κ2) is 5.91. The SMILES string of the molecule is CCCN(Cc1ccccc1N)CC(F)(F)F. The van der Waals surface area contributed by atoms with Crippen molar-refractivity contribution in [2.45, 2.75) is 26.1 Å². The van der Waals surface area contributed by atoms with Crippen LogP contribution in [0.5, 0.6) is 0 Å². The van der Waals surface area contributed by atoms with Crippen LogP contribution in [0.2, 0.25) is 0 Å². The number of alkyl halides is 3. The van der Waals surface area contributed by atoms with E-state index in [-0.39, 0.29) is 6.54 Å². The summed E-state index contributed by atoms with van der Waals surface area (Å²) < 4.78 is 37.1. The molecule has 2 N–H and O–H groups in total. The smallest absolute Gasteiger partial charge is 0.398 e. The quantitative estimate of drug-likeness (QED) is 0.809. The summed E-state index contributed by atoms with van der Waals surface area (Å²) in [6, 6.07) is 7.01. The van der Waals surface area contributed by atoms with Gasteiger partial charge in [0.1, 0.15) is 0 Å². The predicted octanol–water partition coefficient (Wildman–Crippen LogP) is 3.04. The fraction of sp³-hybridized carbons (Fsp3) is 0.500. The van der Waals surface area contributed by atoms with Gasteiger partial charge in [0.2, 0.25) is 0 Å². The maximum absolute atomic E-state index is 12.4. The van der Waals surface area contributed by atoms with Gasteiger partial charge in [-0.15, -0.1) is 0 Å². The third-order valence-corrected chi connectivity index (χ3v) is 2.39. The number of hydrogen-bond donors (Lipinski definition) is 1. The highest BCUT2D eigenvalue weighted by Crippen LogP contribution is 2.20. The maximum Gasteiger partial charge on any atom is 0.401 e. The number of rotatable bonds is 5. The van der Waals surface area contributed by atoms with Crippen LogP contribution in [0.25, 0.3) is 0 Å². The van der Waals surface area contributed by atoms with E-state index in [1.165, 1.54) is 4.90 Å². The monoisotopic (exact) mass is 246 g/mol. The Kier molecular flexibility index (Phi) is 4.81. The first-order chi connectivity index (χ1) is 7.92. The Bertz CT molecular complexity index is 350. The van der Waals surface area contributed by atoms with Crippen LogP contribution in [0.4, 0.5) is 18.9 Å². The van der Waals surface area contributed by atoms with Gasteiger partial charge in [0.05, 0.1) is 6.54 Å². The molecule has 0 fully saturated rings. The average Bonchev–Trinajstić information content (AvgIpc) is 2.19. The molecule has 0 heterocycles. The van der Waals surface area contributed by atoms with Crippen LogP contribution in [-0.4, -0.2) is 24.2 Å². The Hall–Kier alpha value is -1.23. The number of nitrogens with zero attached hydrogens (tertiary/aromatic N) is 1. The molecule has 1 aromatic rings. The Balaban J connectivity index is 2.70. The molecule has 1 rings (SSSR count). The standard InChI is InChI=1S/C12H17F3N2/c1-2-7-17(9-12(13,14)15)8-10-5-3-4-6-11(10)16/h3-6H,2,7-9,16H2,1H3. The van der Waals surface area contributed by atoms with E-state index in [0.29, 0.717) is 18.7 Å². The molecule has 1 aromatic carbocycles. The Labute approximate surface area is 99.2 Å². The highest BCUT2D eigenvalue weighted by molar-refractivity contribution is 5.46. The molecule has 17 heavy (non-hydrogen) atoms. The van der Waals surface area contributed by atoms with Crippen molar-refractivity contribution in [1.82, 2.24) is 4.90 Å². The minimum absolute atomic E-state index is 0.236. The number of nitrogen functional groups attached to an aromatic ring is 1. The van der Waals surface area contributed by atoms with Gasteiger partial charge >= 0.3 is 6.18 Å². The van der Waals surface area contributed by atoms with Gasteiger partial charge in [0.25, 0.3) is 0 Å². The average molecular weight is 246 g/mol. The van der Waals surface area contributed by atoms with Gasteiger partial charge in [-0.2, -0.15) is 13.2 Å². The summed E-state index contributed by atoms with van der Waals surface area (Å²) in [5, 5.41) is 0. The summed E-state index contributed by atoms with van der Waals surface area (Å²) >= 11 is 0. The zero-order valence-corrected chi connectivity index (χ0v) is 9.80. The van der Waals surface area contributed by atoms with Crippen molar-refractivity contribution in [2.75, 3.05) is 18.8 Å². The summed E-state index contributed by atoms with van der Waals surface area (Å²) in [7, 11) is 0. The lowest BCUT2D eigenvalue weighted by Crippen LogP contribution is -2.34. The lowest BCUT2D eigenvalue weighted by Gasteiger charge is -2.23. The third kappa shape index (κ3) is 5.08. The summed E-state index contributed by atoms with van der Waals surface area (Å²) in [6.45, 7) is 1.61. The molecule has 0 aliphatic rings. The van der Waals surface area contributed by atoms with Gasteiger partial charge in [-0.1, -0.05) is 25.1 Å². The molecule has 0 saturated carbocycles. The zero-order chi connectivity index (χ0) is 12.9. The molecule has 0 aliphatic carbocycles. The third-order valence-electron chi connectivity index (χ3n) is 2.39. The highest BCUT2D eigenvalue weighted by Gasteiger charge is 2.30. The number of halogens is 3. The largest absolute Gasteiger partial charge is 0.401 e. The molecule has 0 saturated heterocycles. The topological polar surface area (TPSA) is 29.3 Å². The van der Waals surface area contributed by atoms with Gasteiger partial charge in [-0.3, -0.25) is 4.90 Å². The van der Waals surface area contributed by atoms with E-state index >= 15 is 0 Å². The Morgan fingerprint density at radius 1 is 1.24 bits per heavy atom. The van der Waals surface area contributed by atoms with Crippen LogP contribution >= 0.6 is 0 Å². The van der Waals surface area contributed by atoms with Crippen LogP contribution in [-0.2, 0) is 6.54 Å². The molecule has 0 bridgehead atoms. The zero-order valence-electron chi connectivity index (χ0n) is 9.80. The van der Waals surface area contributed by atoms with Crippen molar-refractivity contribution in [3.63, 3.8) is 0 Å². The van der Waals surface area contributed by atoms with Crippen molar-refractivity contribution < 1.29 is 13.2 Å². The van der Waals surface area contributed by atoms with Crippen molar-refractivity contribution >= 4 is 5.69 Å². The van der Waals surface area contributed by atoms with Gasteiger partial charge < -0.3 is 5.73 Å². The molecule has 0 radical (unpaired) electrons. The fourth-order valence-electron chi connectivity index (χ4n) is 1.70. The molecular formula is C12H17F3N2. The van der Waals surface area contributed by atoms with E-state index < -0.39 is 12.7 Å². The molecule has 2 nitrogen and oxygen atoms in total. The molecule has 0 unspecified atom stereocenters. The van der Waals surface area contributed by atoms with E-state index in [4.69, 9.17) is 5.73 Å². The summed E-state index contributed by atoms with van der Waals surface area (Å²) in [5.74, 6) is 0. The molecule has 0 aliphatic heterocycles. The van der Waals surface area contributed by atoms with E-state index in [0.717, 1.165) is 5.56 Å². The molecule has 0 aromatic heterocycles. The minimum Gasteiger partial charge on any atom is -0.398 e. The van der Waals surface area contributed by atoms with Gasteiger partial charge in [0.15, 0.2) is 0 Å². The molecule has 0 spiro atoms. The van der Waals surface area contributed by atoms with Crippen molar-refractivity contribution in [1.29, 1.82) is 0 Å². The number of hydrogen-bond acceptors (Lipinski definition) is 2. The molecule has 0 atom stereocenters. The maximum atomic E-state index is 12.4. The Morgan fingerprint density at radius 3 is 2.41 bits per heavy atom. The molecule has 96 valence electrons. The van der Waals surface area contributed by atoms with E-state index in [2.05, 4.69) is 0 Å². The number of benzene rings is 1. The van der Waals surface area contributed by atoms with E-state index in [1.54, 1.807) is 24.3 Å².